The minimum Gasteiger partial charge on any atom is -0.485 e. The molecule has 1 aromatic rings. The zero-order valence-electron chi connectivity index (χ0n) is 9.98. The van der Waals surface area contributed by atoms with Crippen LogP contribution in [0.5, 0.6) is 5.75 Å². The van der Waals surface area contributed by atoms with E-state index in [0.717, 1.165) is 12.1 Å². The Morgan fingerprint density at radius 2 is 2.17 bits per heavy atom. The van der Waals surface area contributed by atoms with Gasteiger partial charge in [-0.1, -0.05) is 0 Å². The third-order valence-corrected chi connectivity index (χ3v) is 3.15. The number of hydrogen-bond acceptors (Lipinski definition) is 3. The van der Waals surface area contributed by atoms with Crippen LogP contribution in [0.4, 0.5) is 14.5 Å². The highest BCUT2D eigenvalue weighted by Gasteiger charge is 2.34. The third kappa shape index (κ3) is 2.10. The summed E-state index contributed by atoms with van der Waals surface area (Å²) in [7, 11) is 1.63. The maximum atomic E-state index is 13.7. The van der Waals surface area contributed by atoms with Gasteiger partial charge >= 0.3 is 5.97 Å². The molecule has 0 amide bonds. The number of ether oxygens (including phenoxy) is 1. The van der Waals surface area contributed by atoms with Gasteiger partial charge in [0, 0.05) is 19.2 Å². The Bertz CT molecular complexity index is 492. The molecule has 0 aromatic heterocycles. The van der Waals surface area contributed by atoms with Gasteiger partial charge in [-0.2, -0.15) is 0 Å². The first-order valence-electron chi connectivity index (χ1n) is 5.50. The van der Waals surface area contributed by atoms with Crippen LogP contribution < -0.4 is 9.64 Å². The van der Waals surface area contributed by atoms with Gasteiger partial charge in [-0.05, 0) is 6.92 Å². The zero-order valence-corrected chi connectivity index (χ0v) is 9.98. The van der Waals surface area contributed by atoms with E-state index in [0.29, 0.717) is 0 Å². The van der Waals surface area contributed by atoms with Gasteiger partial charge in [0.05, 0.1) is 12.5 Å². The summed E-state index contributed by atoms with van der Waals surface area (Å²) in [5.41, 5.74) is 0.158. The van der Waals surface area contributed by atoms with E-state index in [4.69, 9.17) is 9.84 Å². The van der Waals surface area contributed by atoms with Crippen molar-refractivity contribution >= 4 is 11.7 Å². The van der Waals surface area contributed by atoms with E-state index in [1.807, 2.05) is 0 Å². The Labute approximate surface area is 103 Å². The molecule has 1 N–H and O–H groups in total. The summed E-state index contributed by atoms with van der Waals surface area (Å²) >= 11 is 0. The van der Waals surface area contributed by atoms with Crippen LogP contribution in [0.25, 0.3) is 0 Å². The van der Waals surface area contributed by atoms with E-state index in [9.17, 15) is 13.6 Å². The minimum absolute atomic E-state index is 0.0411. The molecule has 4 nitrogen and oxygen atoms in total. The Kier molecular flexibility index (Phi) is 3.11. The summed E-state index contributed by atoms with van der Waals surface area (Å²) in [6.07, 6.45) is -0.857. The number of halogens is 2. The van der Waals surface area contributed by atoms with Crippen molar-refractivity contribution in [3.63, 3.8) is 0 Å². The van der Waals surface area contributed by atoms with Gasteiger partial charge in [-0.25, -0.2) is 8.78 Å². The lowest BCUT2D eigenvalue weighted by atomic mass is 10.0. The lowest BCUT2D eigenvalue weighted by molar-refractivity contribution is -0.139. The summed E-state index contributed by atoms with van der Waals surface area (Å²) in [6.45, 7) is 1.74. The van der Waals surface area contributed by atoms with Crippen LogP contribution in [-0.2, 0) is 4.79 Å². The zero-order chi connectivity index (χ0) is 13.4. The van der Waals surface area contributed by atoms with Crippen molar-refractivity contribution in [1.29, 1.82) is 0 Å². The van der Waals surface area contributed by atoms with Crippen molar-refractivity contribution in [3.05, 3.63) is 23.8 Å². The van der Waals surface area contributed by atoms with Crippen LogP contribution in [0.3, 0.4) is 0 Å². The van der Waals surface area contributed by atoms with Crippen molar-refractivity contribution < 1.29 is 23.4 Å². The normalized spacial score (nSPS) is 22.3. The van der Waals surface area contributed by atoms with Crippen LogP contribution in [0.15, 0.2) is 12.1 Å². The topological polar surface area (TPSA) is 49.8 Å². The number of benzene rings is 1. The maximum absolute atomic E-state index is 13.7. The molecule has 1 aromatic carbocycles. The molecule has 2 rings (SSSR count). The highest BCUT2D eigenvalue weighted by Crippen LogP contribution is 2.38. The van der Waals surface area contributed by atoms with E-state index in [-0.39, 0.29) is 23.9 Å². The average molecular weight is 257 g/mol. The van der Waals surface area contributed by atoms with E-state index < -0.39 is 23.7 Å². The van der Waals surface area contributed by atoms with Crippen molar-refractivity contribution in [2.75, 3.05) is 11.9 Å². The number of fused-ring (bicyclic) bond motifs is 1. The first-order valence-corrected chi connectivity index (χ1v) is 5.50. The van der Waals surface area contributed by atoms with Crippen molar-refractivity contribution in [1.82, 2.24) is 0 Å². The molecule has 0 fully saturated rings. The van der Waals surface area contributed by atoms with Gasteiger partial charge in [0.15, 0.2) is 5.82 Å². The summed E-state index contributed by atoms with van der Waals surface area (Å²) in [5, 5.41) is 8.78. The molecule has 0 bridgehead atoms. The number of carboxylic acids is 1. The molecular formula is C12H13F2NO3. The fourth-order valence-electron chi connectivity index (χ4n) is 2.07. The standard InChI is InChI=1S/C12H13F2NO3/c1-6-9(5-11(16)17)18-10-4-7(13)3-8(14)12(10)15(6)2/h3-4,6,9H,5H2,1-2H3,(H,16,17). The molecule has 0 spiro atoms. The van der Waals surface area contributed by atoms with Gasteiger partial charge in [0.1, 0.15) is 23.4 Å². The first-order chi connectivity index (χ1) is 8.40. The molecule has 0 aliphatic carbocycles. The number of likely N-dealkylation sites (N-methyl/N-ethyl adjacent to an activating group) is 1. The van der Waals surface area contributed by atoms with E-state index >= 15 is 0 Å². The number of hydrogen-bond donors (Lipinski definition) is 1. The Morgan fingerprint density at radius 1 is 1.50 bits per heavy atom. The third-order valence-electron chi connectivity index (χ3n) is 3.15. The molecule has 2 atom stereocenters. The molecule has 1 heterocycles. The highest BCUT2D eigenvalue weighted by atomic mass is 19.1. The van der Waals surface area contributed by atoms with Crippen molar-refractivity contribution in [2.45, 2.75) is 25.5 Å². The molecule has 0 radical (unpaired) electrons. The summed E-state index contributed by atoms with van der Waals surface area (Å²) in [4.78, 5) is 12.3. The maximum Gasteiger partial charge on any atom is 0.307 e. The summed E-state index contributed by atoms with van der Waals surface area (Å²) < 4.78 is 32.2. The van der Waals surface area contributed by atoms with Gasteiger partial charge in [0.2, 0.25) is 0 Å². The lowest BCUT2D eigenvalue weighted by Crippen LogP contribution is -2.47. The molecule has 1 aliphatic heterocycles. The van der Waals surface area contributed by atoms with E-state index in [2.05, 4.69) is 0 Å². The fourth-order valence-corrected chi connectivity index (χ4v) is 2.07. The molecule has 18 heavy (non-hydrogen) atoms. The average Bonchev–Trinajstić information content (AvgIpc) is 2.23. The van der Waals surface area contributed by atoms with Crippen LogP contribution in [0.1, 0.15) is 13.3 Å². The smallest absolute Gasteiger partial charge is 0.307 e. The monoisotopic (exact) mass is 257 g/mol. The second-order valence-corrected chi connectivity index (χ2v) is 4.34. The minimum atomic E-state index is -1.01. The quantitative estimate of drug-likeness (QED) is 0.880. The van der Waals surface area contributed by atoms with Gasteiger partial charge in [-0.3, -0.25) is 4.79 Å². The van der Waals surface area contributed by atoms with E-state index in [1.54, 1.807) is 18.9 Å². The molecule has 1 aliphatic rings. The van der Waals surface area contributed by atoms with Crippen LogP contribution in [-0.4, -0.2) is 30.3 Å². The van der Waals surface area contributed by atoms with Crippen molar-refractivity contribution in [2.24, 2.45) is 0 Å². The second-order valence-electron chi connectivity index (χ2n) is 4.34. The molecule has 0 saturated heterocycles. The molecule has 98 valence electrons. The predicted molar refractivity (Wildman–Crippen MR) is 60.9 cm³/mol. The number of anilines is 1. The summed E-state index contributed by atoms with van der Waals surface area (Å²) in [6, 6.07) is 1.53. The predicted octanol–water partition coefficient (Wildman–Crippen LogP) is 2.03. The van der Waals surface area contributed by atoms with Crippen LogP contribution in [0.2, 0.25) is 0 Å². The number of nitrogens with zero attached hydrogens (tertiary/aromatic N) is 1. The first kappa shape index (κ1) is 12.6. The largest absolute Gasteiger partial charge is 0.485 e. The Morgan fingerprint density at radius 3 is 2.78 bits per heavy atom. The van der Waals surface area contributed by atoms with Gasteiger partial charge < -0.3 is 14.7 Å². The van der Waals surface area contributed by atoms with Crippen LogP contribution in [0, 0.1) is 11.6 Å². The molecule has 2 unspecified atom stereocenters. The SMILES string of the molecule is CC1C(CC(=O)O)Oc2cc(F)cc(F)c2N1C. The Balaban J connectivity index is 2.40. The fraction of sp³-hybridized carbons (Fsp3) is 0.417. The van der Waals surface area contributed by atoms with Gasteiger partial charge in [0.25, 0.3) is 0 Å². The molecule has 6 heteroatoms. The van der Waals surface area contributed by atoms with Gasteiger partial charge in [-0.15, -0.1) is 0 Å². The Hall–Kier alpha value is -1.85. The second kappa shape index (κ2) is 4.44. The number of carbonyl (C=O) groups is 1. The number of rotatable bonds is 2. The summed E-state index contributed by atoms with van der Waals surface area (Å²) in [5.74, 6) is -2.43. The highest BCUT2D eigenvalue weighted by molar-refractivity contribution is 5.69. The number of carboxylic acid groups (broad SMARTS) is 1. The van der Waals surface area contributed by atoms with Crippen molar-refractivity contribution in [3.8, 4) is 5.75 Å². The lowest BCUT2D eigenvalue weighted by Gasteiger charge is -2.39. The number of aliphatic carboxylic acids is 1. The molecule has 0 saturated carbocycles. The molecular weight excluding hydrogens is 244 g/mol. The van der Waals surface area contributed by atoms with Crippen LogP contribution >= 0.6 is 0 Å². The van der Waals surface area contributed by atoms with E-state index in [1.165, 1.54) is 0 Å².